The number of allylic oxidation sites excluding steroid dienone is 1. The number of benzene rings is 1. The molecule has 0 aliphatic carbocycles. The minimum Gasteiger partial charge on any atom is -0.496 e. The van der Waals surface area contributed by atoms with Crippen LogP contribution in [-0.2, 0) is 6.54 Å². The SMILES string of the molecule is C=CC=NNCc1cc(Oc2cncnc2)c(C(C)C)cc1OC. The van der Waals surface area contributed by atoms with Gasteiger partial charge in [0.2, 0.25) is 0 Å². The molecule has 0 amide bonds. The standard InChI is InChI=1S/C18H22N4O2/c1-5-6-21-22-9-14-7-18(24-15-10-19-12-20-11-15)16(13(2)3)8-17(14)23-4/h5-8,10-13,22H,1,9H2,2-4H3. The molecule has 0 radical (unpaired) electrons. The Kier molecular flexibility index (Phi) is 6.31. The van der Waals surface area contributed by atoms with E-state index in [1.165, 1.54) is 6.33 Å². The maximum Gasteiger partial charge on any atom is 0.164 e. The molecular formula is C18H22N4O2. The summed E-state index contributed by atoms with van der Waals surface area (Å²) in [6, 6.07) is 3.95. The lowest BCUT2D eigenvalue weighted by atomic mass is 9.99. The van der Waals surface area contributed by atoms with Crippen LogP contribution in [0.3, 0.4) is 0 Å². The Labute approximate surface area is 142 Å². The fourth-order valence-electron chi connectivity index (χ4n) is 2.19. The maximum absolute atomic E-state index is 5.98. The molecule has 0 bridgehead atoms. The Morgan fingerprint density at radius 1 is 1.25 bits per heavy atom. The predicted octanol–water partition coefficient (Wildman–Crippen LogP) is 3.66. The van der Waals surface area contributed by atoms with E-state index >= 15 is 0 Å². The van der Waals surface area contributed by atoms with E-state index in [1.807, 2.05) is 12.1 Å². The smallest absolute Gasteiger partial charge is 0.164 e. The first-order valence-electron chi connectivity index (χ1n) is 7.66. The van der Waals surface area contributed by atoms with Crippen molar-refractivity contribution < 1.29 is 9.47 Å². The second-order valence-electron chi connectivity index (χ2n) is 5.38. The third-order valence-electron chi connectivity index (χ3n) is 3.34. The summed E-state index contributed by atoms with van der Waals surface area (Å²) < 4.78 is 11.5. The van der Waals surface area contributed by atoms with Gasteiger partial charge in [0, 0.05) is 17.3 Å². The second-order valence-corrected chi connectivity index (χ2v) is 5.38. The zero-order chi connectivity index (χ0) is 17.4. The van der Waals surface area contributed by atoms with Crippen LogP contribution in [0.2, 0.25) is 0 Å². The van der Waals surface area contributed by atoms with Gasteiger partial charge < -0.3 is 14.9 Å². The van der Waals surface area contributed by atoms with E-state index < -0.39 is 0 Å². The van der Waals surface area contributed by atoms with Gasteiger partial charge in [-0.3, -0.25) is 0 Å². The van der Waals surface area contributed by atoms with Crippen LogP contribution < -0.4 is 14.9 Å². The summed E-state index contributed by atoms with van der Waals surface area (Å²) >= 11 is 0. The van der Waals surface area contributed by atoms with E-state index in [2.05, 4.69) is 40.9 Å². The van der Waals surface area contributed by atoms with Crippen LogP contribution in [0.15, 0.2) is 48.6 Å². The minimum atomic E-state index is 0.277. The quantitative estimate of drug-likeness (QED) is 0.592. The first-order valence-corrected chi connectivity index (χ1v) is 7.66. The highest BCUT2D eigenvalue weighted by atomic mass is 16.5. The summed E-state index contributed by atoms with van der Waals surface area (Å²) in [7, 11) is 1.65. The van der Waals surface area contributed by atoms with E-state index in [0.29, 0.717) is 12.3 Å². The minimum absolute atomic E-state index is 0.277. The lowest BCUT2D eigenvalue weighted by Gasteiger charge is -2.18. The van der Waals surface area contributed by atoms with Crippen molar-refractivity contribution >= 4 is 6.21 Å². The monoisotopic (exact) mass is 326 g/mol. The Balaban J connectivity index is 2.35. The molecule has 126 valence electrons. The van der Waals surface area contributed by atoms with E-state index in [0.717, 1.165) is 22.6 Å². The molecule has 24 heavy (non-hydrogen) atoms. The zero-order valence-corrected chi connectivity index (χ0v) is 14.2. The molecular weight excluding hydrogens is 304 g/mol. The summed E-state index contributed by atoms with van der Waals surface area (Å²) in [6.45, 7) is 8.31. The van der Waals surface area contributed by atoms with Crippen LogP contribution in [0.5, 0.6) is 17.2 Å². The molecule has 1 heterocycles. The van der Waals surface area contributed by atoms with Crippen molar-refractivity contribution in [3.05, 3.63) is 54.6 Å². The van der Waals surface area contributed by atoms with Crippen molar-refractivity contribution in [2.45, 2.75) is 26.3 Å². The number of ether oxygens (including phenoxy) is 2. The lowest BCUT2D eigenvalue weighted by molar-refractivity contribution is 0.403. The Hall–Kier alpha value is -2.89. The third-order valence-corrected chi connectivity index (χ3v) is 3.34. The fraction of sp³-hybridized carbons (Fsp3) is 0.278. The number of hydrogen-bond acceptors (Lipinski definition) is 6. The van der Waals surface area contributed by atoms with Crippen molar-refractivity contribution in [1.82, 2.24) is 15.4 Å². The molecule has 0 saturated heterocycles. The highest BCUT2D eigenvalue weighted by Gasteiger charge is 2.15. The first kappa shape index (κ1) is 17.5. The Morgan fingerprint density at radius 3 is 2.62 bits per heavy atom. The summed E-state index contributed by atoms with van der Waals surface area (Å²) in [5, 5.41) is 4.02. The fourth-order valence-corrected chi connectivity index (χ4v) is 2.19. The van der Waals surface area contributed by atoms with E-state index in [4.69, 9.17) is 9.47 Å². The molecule has 0 unspecified atom stereocenters. The molecule has 2 rings (SSSR count). The third kappa shape index (κ3) is 4.55. The number of hydrazone groups is 1. The van der Waals surface area contributed by atoms with Gasteiger partial charge in [-0.1, -0.05) is 20.4 Å². The van der Waals surface area contributed by atoms with Gasteiger partial charge in [0.1, 0.15) is 17.8 Å². The average Bonchev–Trinajstić information content (AvgIpc) is 2.59. The molecule has 0 fully saturated rings. The van der Waals surface area contributed by atoms with Gasteiger partial charge >= 0.3 is 0 Å². The summed E-state index contributed by atoms with van der Waals surface area (Å²) in [5.74, 6) is 2.41. The van der Waals surface area contributed by atoms with Gasteiger partial charge in [-0.05, 0) is 24.1 Å². The highest BCUT2D eigenvalue weighted by molar-refractivity contribution is 5.69. The Bertz CT molecular complexity index is 700. The van der Waals surface area contributed by atoms with Crippen LogP contribution in [0.25, 0.3) is 0 Å². The summed E-state index contributed by atoms with van der Waals surface area (Å²) in [5.41, 5.74) is 4.94. The van der Waals surface area contributed by atoms with Crippen LogP contribution in [-0.4, -0.2) is 23.3 Å². The van der Waals surface area contributed by atoms with Gasteiger partial charge in [-0.15, -0.1) is 0 Å². The number of rotatable bonds is 8. The van der Waals surface area contributed by atoms with Crippen molar-refractivity contribution in [2.24, 2.45) is 5.10 Å². The van der Waals surface area contributed by atoms with Crippen LogP contribution >= 0.6 is 0 Å². The second kappa shape index (κ2) is 8.67. The topological polar surface area (TPSA) is 68.6 Å². The molecule has 1 aromatic heterocycles. The van der Waals surface area contributed by atoms with E-state index in [9.17, 15) is 0 Å². The number of methoxy groups -OCH3 is 1. The van der Waals surface area contributed by atoms with Crippen LogP contribution in [0, 0.1) is 0 Å². The maximum atomic E-state index is 5.98. The van der Waals surface area contributed by atoms with Gasteiger partial charge in [0.05, 0.1) is 26.0 Å². The summed E-state index contributed by atoms with van der Waals surface area (Å²) in [4.78, 5) is 7.96. The number of hydrogen-bond donors (Lipinski definition) is 1. The highest BCUT2D eigenvalue weighted by Crippen LogP contribution is 2.36. The van der Waals surface area contributed by atoms with Gasteiger partial charge in [0.25, 0.3) is 0 Å². The molecule has 0 aliphatic rings. The summed E-state index contributed by atoms with van der Waals surface area (Å²) in [6.07, 6.45) is 7.93. The van der Waals surface area contributed by atoms with Gasteiger partial charge in [0.15, 0.2) is 5.75 Å². The lowest BCUT2D eigenvalue weighted by Crippen LogP contribution is -2.08. The molecule has 1 aromatic carbocycles. The van der Waals surface area contributed by atoms with Gasteiger partial charge in [-0.2, -0.15) is 5.10 Å². The molecule has 6 heteroatoms. The van der Waals surface area contributed by atoms with Gasteiger partial charge in [-0.25, -0.2) is 9.97 Å². The number of nitrogens with one attached hydrogen (secondary N) is 1. The molecule has 0 saturated carbocycles. The normalized spacial score (nSPS) is 10.8. The Morgan fingerprint density at radius 2 is 2.00 bits per heavy atom. The number of aromatic nitrogens is 2. The van der Waals surface area contributed by atoms with Crippen molar-refractivity contribution in [1.29, 1.82) is 0 Å². The molecule has 0 aliphatic heterocycles. The van der Waals surface area contributed by atoms with Crippen LogP contribution in [0.4, 0.5) is 0 Å². The molecule has 1 N–H and O–H groups in total. The van der Waals surface area contributed by atoms with Crippen molar-refractivity contribution in [2.75, 3.05) is 7.11 Å². The zero-order valence-electron chi connectivity index (χ0n) is 14.2. The van der Waals surface area contributed by atoms with Crippen molar-refractivity contribution in [3.63, 3.8) is 0 Å². The molecule has 0 spiro atoms. The molecule has 6 nitrogen and oxygen atoms in total. The first-order chi connectivity index (χ1) is 11.7. The van der Waals surface area contributed by atoms with Crippen LogP contribution in [0.1, 0.15) is 30.9 Å². The van der Waals surface area contributed by atoms with Crippen molar-refractivity contribution in [3.8, 4) is 17.2 Å². The number of nitrogens with zero attached hydrogens (tertiary/aromatic N) is 3. The average molecular weight is 326 g/mol. The predicted molar refractivity (Wildman–Crippen MR) is 94.7 cm³/mol. The van der Waals surface area contributed by atoms with E-state index in [-0.39, 0.29) is 5.92 Å². The molecule has 2 aromatic rings. The molecule has 0 atom stereocenters. The largest absolute Gasteiger partial charge is 0.496 e. The van der Waals surface area contributed by atoms with E-state index in [1.54, 1.807) is 31.8 Å².